The van der Waals surface area contributed by atoms with Gasteiger partial charge in [0.2, 0.25) is 5.78 Å². The minimum absolute atomic E-state index is 0.169. The van der Waals surface area contributed by atoms with E-state index in [1.165, 1.54) is 14.0 Å². The molecule has 0 saturated heterocycles. The van der Waals surface area contributed by atoms with Crippen LogP contribution in [0.3, 0.4) is 0 Å². The van der Waals surface area contributed by atoms with Crippen molar-refractivity contribution >= 4 is 17.1 Å². The number of rotatable bonds is 3. The summed E-state index contributed by atoms with van der Waals surface area (Å²) in [6, 6.07) is 3.55. The molecule has 5 heteroatoms. The minimum atomic E-state index is -0.727. The summed E-state index contributed by atoms with van der Waals surface area (Å²) in [7, 11) is 1.42. The molecule has 0 fully saturated rings. The Morgan fingerprint density at radius 3 is 2.67 bits per heavy atom. The summed E-state index contributed by atoms with van der Waals surface area (Å²) in [5.74, 6) is -1.53. The summed E-state index contributed by atoms with van der Waals surface area (Å²) in [6.07, 6.45) is 0. The molecule has 0 amide bonds. The molecular formula is C13H10F2O2S. The highest BCUT2D eigenvalue weighted by atomic mass is 32.1. The number of carbonyl (C=O) groups is 1. The summed E-state index contributed by atoms with van der Waals surface area (Å²) in [5.41, 5.74) is -0.110. The fourth-order valence-corrected chi connectivity index (χ4v) is 2.38. The largest absolute Gasteiger partial charge is 0.495 e. The lowest BCUT2D eigenvalue weighted by Crippen LogP contribution is -2.05. The van der Waals surface area contributed by atoms with Crippen molar-refractivity contribution in [2.24, 2.45) is 0 Å². The SMILES string of the molecule is COc1ccsc1C(=O)c1cc(F)c(C)cc1F. The Morgan fingerprint density at radius 2 is 2.00 bits per heavy atom. The highest BCUT2D eigenvalue weighted by molar-refractivity contribution is 7.12. The van der Waals surface area contributed by atoms with E-state index in [-0.39, 0.29) is 16.0 Å². The first-order valence-corrected chi connectivity index (χ1v) is 6.04. The number of hydrogen-bond donors (Lipinski definition) is 0. The highest BCUT2D eigenvalue weighted by Gasteiger charge is 2.20. The number of methoxy groups -OCH3 is 1. The van der Waals surface area contributed by atoms with Crippen LogP contribution in [0.15, 0.2) is 23.6 Å². The van der Waals surface area contributed by atoms with E-state index < -0.39 is 17.4 Å². The number of thiophene rings is 1. The van der Waals surface area contributed by atoms with Gasteiger partial charge in [-0.1, -0.05) is 0 Å². The van der Waals surface area contributed by atoms with E-state index >= 15 is 0 Å². The van der Waals surface area contributed by atoms with Gasteiger partial charge in [0.15, 0.2) is 0 Å². The molecule has 0 radical (unpaired) electrons. The summed E-state index contributed by atoms with van der Waals surface area (Å²) in [5, 5.41) is 1.66. The van der Waals surface area contributed by atoms with Crippen LogP contribution in [-0.2, 0) is 0 Å². The van der Waals surface area contributed by atoms with Crippen molar-refractivity contribution in [1.82, 2.24) is 0 Å². The fraction of sp³-hybridized carbons (Fsp3) is 0.154. The van der Waals surface area contributed by atoms with E-state index in [2.05, 4.69) is 0 Å². The third-order valence-electron chi connectivity index (χ3n) is 2.55. The molecule has 2 nitrogen and oxygen atoms in total. The molecule has 1 aromatic carbocycles. The van der Waals surface area contributed by atoms with Crippen LogP contribution in [0.2, 0.25) is 0 Å². The van der Waals surface area contributed by atoms with E-state index in [4.69, 9.17) is 4.74 Å². The normalized spacial score (nSPS) is 10.4. The van der Waals surface area contributed by atoms with Gasteiger partial charge in [-0.05, 0) is 36.1 Å². The molecule has 0 saturated carbocycles. The van der Waals surface area contributed by atoms with Crippen LogP contribution in [0, 0.1) is 18.6 Å². The van der Waals surface area contributed by atoms with E-state index in [1.54, 1.807) is 11.4 Å². The Morgan fingerprint density at radius 1 is 1.28 bits per heavy atom. The molecule has 0 spiro atoms. The monoisotopic (exact) mass is 268 g/mol. The van der Waals surface area contributed by atoms with Crippen LogP contribution in [-0.4, -0.2) is 12.9 Å². The summed E-state index contributed by atoms with van der Waals surface area (Å²) >= 11 is 1.13. The molecule has 0 N–H and O–H groups in total. The molecule has 0 atom stereocenters. The average Bonchev–Trinajstić information content (AvgIpc) is 2.81. The summed E-state index contributed by atoms with van der Waals surface area (Å²) in [6.45, 7) is 1.44. The number of hydrogen-bond acceptors (Lipinski definition) is 3. The van der Waals surface area contributed by atoms with Gasteiger partial charge in [0.25, 0.3) is 0 Å². The predicted octanol–water partition coefficient (Wildman–Crippen LogP) is 3.57. The smallest absolute Gasteiger partial charge is 0.209 e. The number of ketones is 1. The number of aryl methyl sites for hydroxylation is 1. The molecule has 0 bridgehead atoms. The van der Waals surface area contributed by atoms with E-state index in [0.717, 1.165) is 23.5 Å². The predicted molar refractivity (Wildman–Crippen MR) is 65.4 cm³/mol. The Labute approximate surface area is 107 Å². The lowest BCUT2D eigenvalue weighted by Gasteiger charge is -2.05. The van der Waals surface area contributed by atoms with Gasteiger partial charge in [0, 0.05) is 0 Å². The maximum atomic E-state index is 13.7. The van der Waals surface area contributed by atoms with Crippen LogP contribution < -0.4 is 4.74 Å². The first-order valence-electron chi connectivity index (χ1n) is 5.16. The van der Waals surface area contributed by atoms with Gasteiger partial charge in [0.1, 0.15) is 22.3 Å². The van der Waals surface area contributed by atoms with Gasteiger partial charge >= 0.3 is 0 Å². The first kappa shape index (κ1) is 12.7. The lowest BCUT2D eigenvalue weighted by atomic mass is 10.1. The Kier molecular flexibility index (Phi) is 3.43. The topological polar surface area (TPSA) is 26.3 Å². The van der Waals surface area contributed by atoms with Crippen LogP contribution in [0.4, 0.5) is 8.78 Å². The van der Waals surface area contributed by atoms with Crippen molar-refractivity contribution in [3.8, 4) is 5.75 Å². The average molecular weight is 268 g/mol. The quantitative estimate of drug-likeness (QED) is 0.795. The maximum absolute atomic E-state index is 13.7. The van der Waals surface area contributed by atoms with Gasteiger partial charge in [0.05, 0.1) is 12.7 Å². The van der Waals surface area contributed by atoms with Gasteiger partial charge in [-0.2, -0.15) is 0 Å². The molecule has 1 heterocycles. The van der Waals surface area contributed by atoms with Gasteiger partial charge in [-0.3, -0.25) is 4.79 Å². The van der Waals surface area contributed by atoms with Crippen LogP contribution in [0.1, 0.15) is 20.8 Å². The van der Waals surface area contributed by atoms with Crippen molar-refractivity contribution in [3.63, 3.8) is 0 Å². The second-order valence-corrected chi connectivity index (χ2v) is 4.64. The standard InChI is InChI=1S/C13H10F2O2S/c1-7-5-10(15)8(6-9(7)14)12(16)13-11(17-2)3-4-18-13/h3-6H,1-2H3. The third-order valence-corrected chi connectivity index (χ3v) is 3.44. The number of carbonyl (C=O) groups excluding carboxylic acids is 1. The molecule has 94 valence electrons. The zero-order chi connectivity index (χ0) is 13.3. The molecule has 1 aromatic heterocycles. The summed E-state index contributed by atoms with van der Waals surface area (Å²) < 4.78 is 32.1. The van der Waals surface area contributed by atoms with E-state index in [1.807, 2.05) is 0 Å². The molecular weight excluding hydrogens is 258 g/mol. The molecule has 18 heavy (non-hydrogen) atoms. The number of benzene rings is 1. The molecule has 0 aliphatic rings. The zero-order valence-corrected chi connectivity index (χ0v) is 10.6. The maximum Gasteiger partial charge on any atom is 0.209 e. The van der Waals surface area contributed by atoms with Crippen molar-refractivity contribution in [2.75, 3.05) is 7.11 Å². The van der Waals surface area contributed by atoms with E-state index in [9.17, 15) is 13.6 Å². The molecule has 2 rings (SSSR count). The second-order valence-electron chi connectivity index (χ2n) is 3.73. The molecule has 2 aromatic rings. The first-order chi connectivity index (χ1) is 8.54. The van der Waals surface area contributed by atoms with Gasteiger partial charge < -0.3 is 4.74 Å². The fourth-order valence-electron chi connectivity index (χ4n) is 1.57. The van der Waals surface area contributed by atoms with Crippen LogP contribution >= 0.6 is 11.3 Å². The molecule has 0 unspecified atom stereocenters. The lowest BCUT2D eigenvalue weighted by molar-refractivity contribution is 0.103. The summed E-state index contributed by atoms with van der Waals surface area (Å²) in [4.78, 5) is 12.4. The number of ether oxygens (including phenoxy) is 1. The van der Waals surface area contributed by atoms with Crippen molar-refractivity contribution in [1.29, 1.82) is 0 Å². The van der Waals surface area contributed by atoms with Crippen molar-refractivity contribution in [3.05, 3.63) is 51.2 Å². The van der Waals surface area contributed by atoms with Gasteiger partial charge in [-0.15, -0.1) is 11.3 Å². The highest BCUT2D eigenvalue weighted by Crippen LogP contribution is 2.28. The second kappa shape index (κ2) is 4.86. The Balaban J connectivity index is 2.50. The Hall–Kier alpha value is -1.75. The molecule has 0 aliphatic carbocycles. The van der Waals surface area contributed by atoms with Crippen molar-refractivity contribution < 1.29 is 18.3 Å². The van der Waals surface area contributed by atoms with E-state index in [0.29, 0.717) is 5.75 Å². The minimum Gasteiger partial charge on any atom is -0.495 e. The van der Waals surface area contributed by atoms with Crippen LogP contribution in [0.5, 0.6) is 5.75 Å². The third kappa shape index (κ3) is 2.13. The van der Waals surface area contributed by atoms with Gasteiger partial charge in [-0.25, -0.2) is 8.78 Å². The Bertz CT molecular complexity index is 605. The van der Waals surface area contributed by atoms with Crippen LogP contribution in [0.25, 0.3) is 0 Å². The van der Waals surface area contributed by atoms with Crippen molar-refractivity contribution in [2.45, 2.75) is 6.92 Å². The molecule has 0 aliphatic heterocycles. The number of halogens is 2. The zero-order valence-electron chi connectivity index (χ0n) is 9.79.